The summed E-state index contributed by atoms with van der Waals surface area (Å²) >= 11 is 1.65. The number of nitrogens with one attached hydrogen (secondary N) is 1. The number of aromatic nitrogens is 2. The fourth-order valence-corrected chi connectivity index (χ4v) is 3.54. The summed E-state index contributed by atoms with van der Waals surface area (Å²) in [6.45, 7) is 7.18. The van der Waals surface area contributed by atoms with E-state index in [1.807, 2.05) is 7.05 Å². The SMILES string of the molecule is CNc1nnc(CN2CCC(N3CCOCC3)C2)s1. The Bertz CT molecular complexity index is 407. The highest BCUT2D eigenvalue weighted by Gasteiger charge is 2.29. The summed E-state index contributed by atoms with van der Waals surface area (Å²) in [7, 11) is 1.88. The maximum atomic E-state index is 5.42. The van der Waals surface area contributed by atoms with Crippen LogP contribution in [0.4, 0.5) is 5.13 Å². The molecule has 7 heteroatoms. The molecule has 1 aromatic heterocycles. The first-order valence-electron chi connectivity index (χ1n) is 6.89. The largest absolute Gasteiger partial charge is 0.379 e. The van der Waals surface area contributed by atoms with Crippen molar-refractivity contribution in [2.75, 3.05) is 51.8 Å². The maximum absolute atomic E-state index is 5.42. The molecule has 0 amide bonds. The molecule has 0 radical (unpaired) electrons. The summed E-state index contributed by atoms with van der Waals surface area (Å²) < 4.78 is 5.42. The molecule has 1 unspecified atom stereocenters. The Morgan fingerprint density at radius 2 is 2.16 bits per heavy atom. The van der Waals surface area contributed by atoms with Crippen LogP contribution in [-0.4, -0.2) is 72.5 Å². The van der Waals surface area contributed by atoms with Gasteiger partial charge in [-0.05, 0) is 6.42 Å². The van der Waals surface area contributed by atoms with Crippen LogP contribution in [-0.2, 0) is 11.3 Å². The Balaban J connectivity index is 1.51. The predicted octanol–water partition coefficient (Wildman–Crippen LogP) is 0.486. The average molecular weight is 283 g/mol. The Morgan fingerprint density at radius 3 is 2.89 bits per heavy atom. The first-order chi connectivity index (χ1) is 9.35. The van der Waals surface area contributed by atoms with Crippen molar-refractivity contribution in [2.24, 2.45) is 0 Å². The van der Waals surface area contributed by atoms with Crippen LogP contribution in [0.1, 0.15) is 11.4 Å². The van der Waals surface area contributed by atoms with Gasteiger partial charge >= 0.3 is 0 Å². The highest BCUT2D eigenvalue weighted by molar-refractivity contribution is 7.15. The van der Waals surface area contributed by atoms with Gasteiger partial charge in [-0.3, -0.25) is 9.80 Å². The minimum Gasteiger partial charge on any atom is -0.379 e. The van der Waals surface area contributed by atoms with Gasteiger partial charge in [-0.25, -0.2) is 0 Å². The van der Waals surface area contributed by atoms with Gasteiger partial charge < -0.3 is 10.1 Å². The van der Waals surface area contributed by atoms with E-state index in [2.05, 4.69) is 25.3 Å². The van der Waals surface area contributed by atoms with Crippen molar-refractivity contribution < 1.29 is 4.74 Å². The van der Waals surface area contributed by atoms with E-state index in [-0.39, 0.29) is 0 Å². The van der Waals surface area contributed by atoms with Gasteiger partial charge in [-0.1, -0.05) is 11.3 Å². The summed E-state index contributed by atoms with van der Waals surface area (Å²) in [5.74, 6) is 0. The smallest absolute Gasteiger partial charge is 0.205 e. The second-order valence-corrected chi connectivity index (χ2v) is 6.14. The third kappa shape index (κ3) is 3.22. The molecular formula is C12H21N5OS. The number of likely N-dealkylation sites (tertiary alicyclic amines) is 1. The van der Waals surface area contributed by atoms with Crippen LogP contribution in [0.25, 0.3) is 0 Å². The summed E-state index contributed by atoms with van der Waals surface area (Å²) in [6.07, 6.45) is 1.26. The number of hydrogen-bond acceptors (Lipinski definition) is 7. The van der Waals surface area contributed by atoms with Crippen LogP contribution in [0.5, 0.6) is 0 Å². The first-order valence-corrected chi connectivity index (χ1v) is 7.71. The van der Waals surface area contributed by atoms with E-state index in [1.54, 1.807) is 11.3 Å². The van der Waals surface area contributed by atoms with Crippen molar-refractivity contribution >= 4 is 16.5 Å². The zero-order valence-electron chi connectivity index (χ0n) is 11.3. The van der Waals surface area contributed by atoms with Gasteiger partial charge in [0.05, 0.1) is 19.8 Å². The fraction of sp³-hybridized carbons (Fsp3) is 0.833. The van der Waals surface area contributed by atoms with E-state index >= 15 is 0 Å². The van der Waals surface area contributed by atoms with E-state index < -0.39 is 0 Å². The first kappa shape index (κ1) is 13.2. The third-order valence-corrected chi connectivity index (χ3v) is 4.77. The molecule has 106 valence electrons. The molecule has 6 nitrogen and oxygen atoms in total. The quantitative estimate of drug-likeness (QED) is 0.868. The van der Waals surface area contributed by atoms with Gasteiger partial charge in [0.2, 0.25) is 5.13 Å². The van der Waals surface area contributed by atoms with Crippen LogP contribution >= 0.6 is 11.3 Å². The molecule has 1 atom stereocenters. The molecule has 2 saturated heterocycles. The number of rotatable bonds is 4. The van der Waals surface area contributed by atoms with Crippen LogP contribution in [0.2, 0.25) is 0 Å². The summed E-state index contributed by atoms with van der Waals surface area (Å²) in [4.78, 5) is 5.06. The van der Waals surface area contributed by atoms with Crippen molar-refractivity contribution in [3.63, 3.8) is 0 Å². The monoisotopic (exact) mass is 283 g/mol. The molecule has 2 aliphatic heterocycles. The Morgan fingerprint density at radius 1 is 1.32 bits per heavy atom. The molecule has 1 aromatic rings. The van der Waals surface area contributed by atoms with Gasteiger partial charge in [0, 0.05) is 39.3 Å². The standard InChI is InChI=1S/C12H21N5OS/c1-13-12-15-14-11(19-12)9-16-3-2-10(8-16)17-4-6-18-7-5-17/h10H,2-9H2,1H3,(H,13,15). The van der Waals surface area contributed by atoms with Gasteiger partial charge in [0.25, 0.3) is 0 Å². The van der Waals surface area contributed by atoms with Gasteiger partial charge in [0.1, 0.15) is 5.01 Å². The van der Waals surface area contributed by atoms with E-state index in [4.69, 9.17) is 4.74 Å². The van der Waals surface area contributed by atoms with Crippen molar-refractivity contribution in [1.82, 2.24) is 20.0 Å². The number of nitrogens with zero attached hydrogens (tertiary/aromatic N) is 4. The zero-order chi connectivity index (χ0) is 13.1. The fourth-order valence-electron chi connectivity index (χ4n) is 2.81. The normalized spacial score (nSPS) is 25.8. The molecule has 0 bridgehead atoms. The maximum Gasteiger partial charge on any atom is 0.205 e. The molecule has 19 heavy (non-hydrogen) atoms. The second kappa shape index (κ2) is 6.13. The highest BCUT2D eigenvalue weighted by atomic mass is 32.1. The topological polar surface area (TPSA) is 53.5 Å². The molecule has 0 aliphatic carbocycles. The lowest BCUT2D eigenvalue weighted by Crippen LogP contribution is -2.44. The van der Waals surface area contributed by atoms with Crippen molar-refractivity contribution in [3.8, 4) is 0 Å². The lowest BCUT2D eigenvalue weighted by atomic mass is 10.2. The number of anilines is 1. The minimum atomic E-state index is 0.695. The Labute approximate surface area is 117 Å². The van der Waals surface area contributed by atoms with Crippen LogP contribution in [0.3, 0.4) is 0 Å². The lowest BCUT2D eigenvalue weighted by molar-refractivity contribution is 0.0184. The number of morpholine rings is 1. The van der Waals surface area contributed by atoms with Crippen molar-refractivity contribution in [3.05, 3.63) is 5.01 Å². The van der Waals surface area contributed by atoms with E-state index in [9.17, 15) is 0 Å². The third-order valence-electron chi connectivity index (χ3n) is 3.85. The lowest BCUT2D eigenvalue weighted by Gasteiger charge is -2.32. The number of ether oxygens (including phenoxy) is 1. The van der Waals surface area contributed by atoms with Crippen molar-refractivity contribution in [1.29, 1.82) is 0 Å². The molecule has 3 heterocycles. The van der Waals surface area contributed by atoms with Crippen molar-refractivity contribution in [2.45, 2.75) is 19.0 Å². The highest BCUT2D eigenvalue weighted by Crippen LogP contribution is 2.21. The van der Waals surface area contributed by atoms with Gasteiger partial charge in [-0.15, -0.1) is 10.2 Å². The molecule has 2 aliphatic rings. The van der Waals surface area contributed by atoms with E-state index in [1.165, 1.54) is 6.42 Å². The summed E-state index contributed by atoms with van der Waals surface area (Å²) in [5, 5.41) is 13.4. The van der Waals surface area contributed by atoms with E-state index in [0.29, 0.717) is 6.04 Å². The Hall–Kier alpha value is -0.760. The van der Waals surface area contributed by atoms with Crippen LogP contribution < -0.4 is 5.32 Å². The summed E-state index contributed by atoms with van der Waals surface area (Å²) in [6, 6.07) is 0.695. The molecular weight excluding hydrogens is 262 g/mol. The van der Waals surface area contributed by atoms with Gasteiger partial charge in [0.15, 0.2) is 0 Å². The second-order valence-electron chi connectivity index (χ2n) is 5.08. The minimum absolute atomic E-state index is 0.695. The molecule has 1 N–H and O–H groups in total. The van der Waals surface area contributed by atoms with Gasteiger partial charge in [-0.2, -0.15) is 0 Å². The Kier molecular flexibility index (Phi) is 4.27. The number of hydrogen-bond donors (Lipinski definition) is 1. The zero-order valence-corrected chi connectivity index (χ0v) is 12.2. The predicted molar refractivity (Wildman–Crippen MR) is 75.5 cm³/mol. The summed E-state index contributed by atoms with van der Waals surface area (Å²) in [5.41, 5.74) is 0. The van der Waals surface area contributed by atoms with Crippen LogP contribution in [0, 0.1) is 0 Å². The van der Waals surface area contributed by atoms with Crippen LogP contribution in [0.15, 0.2) is 0 Å². The molecule has 2 fully saturated rings. The van der Waals surface area contributed by atoms with E-state index in [0.717, 1.165) is 56.1 Å². The molecule has 0 saturated carbocycles. The molecule has 0 spiro atoms. The molecule has 0 aromatic carbocycles. The average Bonchev–Trinajstić information content (AvgIpc) is 3.09. The molecule has 3 rings (SSSR count).